The fourth-order valence-electron chi connectivity index (χ4n) is 2.17. The monoisotopic (exact) mass is 234 g/mol. The van der Waals surface area contributed by atoms with Crippen LogP contribution in [0, 0.1) is 5.92 Å². The molecular weight excluding hydrogens is 216 g/mol. The first-order valence-corrected chi connectivity index (χ1v) is 5.95. The summed E-state index contributed by atoms with van der Waals surface area (Å²) >= 11 is 0. The molecule has 0 saturated carbocycles. The summed E-state index contributed by atoms with van der Waals surface area (Å²) in [4.78, 5) is 13.7. The van der Waals surface area contributed by atoms with Crippen molar-refractivity contribution in [1.29, 1.82) is 0 Å². The highest BCUT2D eigenvalue weighted by Crippen LogP contribution is 2.26. The Hall–Kier alpha value is -1.55. The van der Waals surface area contributed by atoms with E-state index in [9.17, 15) is 4.79 Å². The van der Waals surface area contributed by atoms with Crippen LogP contribution in [-0.2, 0) is 0 Å². The molecule has 0 fully saturated rings. The summed E-state index contributed by atoms with van der Waals surface area (Å²) in [5, 5.41) is 3.31. The van der Waals surface area contributed by atoms with E-state index in [1.807, 2.05) is 25.2 Å². The Morgan fingerprint density at radius 2 is 2.24 bits per heavy atom. The van der Waals surface area contributed by atoms with E-state index in [0.717, 1.165) is 17.5 Å². The summed E-state index contributed by atoms with van der Waals surface area (Å²) in [6, 6.07) is 6.13. The van der Waals surface area contributed by atoms with Crippen LogP contribution in [0.15, 0.2) is 27.4 Å². The van der Waals surface area contributed by atoms with Gasteiger partial charge in [0.25, 0.3) is 0 Å². The molecule has 4 heteroatoms. The fourth-order valence-corrected chi connectivity index (χ4v) is 2.17. The third-order valence-electron chi connectivity index (χ3n) is 3.33. The van der Waals surface area contributed by atoms with Crippen molar-refractivity contribution in [1.82, 2.24) is 10.3 Å². The average Bonchev–Trinajstić information content (AvgIpc) is 2.69. The Morgan fingerprint density at radius 3 is 2.88 bits per heavy atom. The lowest BCUT2D eigenvalue weighted by Gasteiger charge is -2.22. The van der Waals surface area contributed by atoms with Crippen molar-refractivity contribution >= 4 is 11.1 Å². The molecule has 2 rings (SSSR count). The van der Waals surface area contributed by atoms with Crippen molar-refractivity contribution in [2.24, 2.45) is 5.92 Å². The molecule has 0 radical (unpaired) electrons. The predicted octanol–water partition coefficient (Wildman–Crippen LogP) is 2.43. The minimum atomic E-state index is -0.401. The normalized spacial score (nSPS) is 15.0. The van der Waals surface area contributed by atoms with Gasteiger partial charge in [-0.3, -0.25) is 4.98 Å². The van der Waals surface area contributed by atoms with Crippen molar-refractivity contribution in [3.8, 4) is 0 Å². The molecular formula is C13H18N2O2. The number of oxazole rings is 1. The number of benzene rings is 1. The third kappa shape index (κ3) is 2.26. The molecule has 2 unspecified atom stereocenters. The van der Waals surface area contributed by atoms with E-state index >= 15 is 0 Å². The number of aromatic amines is 1. The van der Waals surface area contributed by atoms with E-state index in [-0.39, 0.29) is 6.04 Å². The zero-order chi connectivity index (χ0) is 12.4. The van der Waals surface area contributed by atoms with Crippen molar-refractivity contribution in [2.45, 2.75) is 26.3 Å². The summed E-state index contributed by atoms with van der Waals surface area (Å²) in [5.41, 5.74) is 2.52. The van der Waals surface area contributed by atoms with Crippen molar-refractivity contribution in [2.75, 3.05) is 7.05 Å². The number of hydrogen-bond acceptors (Lipinski definition) is 3. The van der Waals surface area contributed by atoms with Gasteiger partial charge in [0.15, 0.2) is 5.58 Å². The zero-order valence-electron chi connectivity index (χ0n) is 10.4. The molecule has 2 N–H and O–H groups in total. The fraction of sp³-hybridized carbons (Fsp3) is 0.462. The lowest BCUT2D eigenvalue weighted by Crippen LogP contribution is -2.22. The molecule has 92 valence electrons. The van der Waals surface area contributed by atoms with Crippen molar-refractivity contribution in [3.63, 3.8) is 0 Å². The lowest BCUT2D eigenvalue weighted by atomic mass is 9.92. The molecule has 4 nitrogen and oxygen atoms in total. The highest BCUT2D eigenvalue weighted by Gasteiger charge is 2.16. The smallest absolute Gasteiger partial charge is 0.408 e. The van der Waals surface area contributed by atoms with E-state index in [4.69, 9.17) is 4.42 Å². The van der Waals surface area contributed by atoms with Gasteiger partial charge in [0.05, 0.1) is 5.52 Å². The van der Waals surface area contributed by atoms with Gasteiger partial charge in [-0.2, -0.15) is 0 Å². The maximum absolute atomic E-state index is 11.1. The Morgan fingerprint density at radius 1 is 1.47 bits per heavy atom. The van der Waals surface area contributed by atoms with E-state index in [2.05, 4.69) is 24.1 Å². The summed E-state index contributed by atoms with van der Waals surface area (Å²) in [6.07, 6.45) is 1.10. The summed E-state index contributed by atoms with van der Waals surface area (Å²) < 4.78 is 5.08. The van der Waals surface area contributed by atoms with Gasteiger partial charge in [-0.1, -0.05) is 26.3 Å². The van der Waals surface area contributed by atoms with Crippen LogP contribution in [0.4, 0.5) is 0 Å². The molecule has 0 aliphatic rings. The molecule has 1 aromatic carbocycles. The van der Waals surface area contributed by atoms with Gasteiger partial charge >= 0.3 is 5.76 Å². The summed E-state index contributed by atoms with van der Waals surface area (Å²) in [5.74, 6) is 0.129. The summed E-state index contributed by atoms with van der Waals surface area (Å²) in [7, 11) is 1.95. The second-order valence-corrected chi connectivity index (χ2v) is 4.42. The highest BCUT2D eigenvalue weighted by atomic mass is 16.4. The number of H-pyrrole nitrogens is 1. The van der Waals surface area contributed by atoms with Gasteiger partial charge in [-0.15, -0.1) is 0 Å². The maximum atomic E-state index is 11.1. The van der Waals surface area contributed by atoms with Crippen LogP contribution in [0.3, 0.4) is 0 Å². The van der Waals surface area contributed by atoms with E-state index < -0.39 is 5.76 Å². The minimum absolute atomic E-state index is 0.282. The van der Waals surface area contributed by atoms with Crippen LogP contribution in [-0.4, -0.2) is 12.0 Å². The second-order valence-electron chi connectivity index (χ2n) is 4.42. The first kappa shape index (κ1) is 11.9. The van der Waals surface area contributed by atoms with Gasteiger partial charge < -0.3 is 9.73 Å². The molecule has 0 saturated heterocycles. The minimum Gasteiger partial charge on any atom is -0.408 e. The van der Waals surface area contributed by atoms with Gasteiger partial charge in [0.1, 0.15) is 0 Å². The quantitative estimate of drug-likeness (QED) is 0.854. The Labute approximate surface area is 100 Å². The van der Waals surface area contributed by atoms with Crippen LogP contribution in [0.25, 0.3) is 11.1 Å². The number of hydrogen-bond donors (Lipinski definition) is 2. The first-order valence-electron chi connectivity index (χ1n) is 5.95. The molecule has 2 aromatic rings. The predicted molar refractivity (Wildman–Crippen MR) is 68.1 cm³/mol. The van der Waals surface area contributed by atoms with E-state index in [1.165, 1.54) is 0 Å². The second kappa shape index (κ2) is 4.75. The molecule has 1 heterocycles. The summed E-state index contributed by atoms with van der Waals surface area (Å²) in [6.45, 7) is 4.38. The van der Waals surface area contributed by atoms with Crippen LogP contribution in [0.1, 0.15) is 31.9 Å². The zero-order valence-corrected chi connectivity index (χ0v) is 10.4. The Balaban J connectivity index is 2.43. The molecule has 0 bridgehead atoms. The molecule has 0 spiro atoms. The average molecular weight is 234 g/mol. The number of aromatic nitrogens is 1. The Kier molecular flexibility index (Phi) is 3.33. The van der Waals surface area contributed by atoms with E-state index in [0.29, 0.717) is 11.5 Å². The maximum Gasteiger partial charge on any atom is 0.417 e. The van der Waals surface area contributed by atoms with Crippen LogP contribution in [0.2, 0.25) is 0 Å². The van der Waals surface area contributed by atoms with Crippen molar-refractivity contribution < 1.29 is 4.42 Å². The number of nitrogens with one attached hydrogen (secondary N) is 2. The third-order valence-corrected chi connectivity index (χ3v) is 3.33. The van der Waals surface area contributed by atoms with Crippen molar-refractivity contribution in [3.05, 3.63) is 34.3 Å². The molecule has 0 aliphatic carbocycles. The highest BCUT2D eigenvalue weighted by molar-refractivity contribution is 5.72. The van der Waals surface area contributed by atoms with Crippen LogP contribution < -0.4 is 11.1 Å². The topological polar surface area (TPSA) is 58.0 Å². The largest absolute Gasteiger partial charge is 0.417 e. The van der Waals surface area contributed by atoms with Crippen LogP contribution in [0.5, 0.6) is 0 Å². The van der Waals surface area contributed by atoms with E-state index in [1.54, 1.807) is 0 Å². The number of fused-ring (bicyclic) bond motifs is 1. The number of rotatable bonds is 4. The van der Waals surface area contributed by atoms with Gasteiger partial charge in [0.2, 0.25) is 0 Å². The SMILES string of the molecule is CCC(C)C(NC)c1ccc2[nH]c(=O)oc2c1. The molecule has 2 atom stereocenters. The molecule has 17 heavy (non-hydrogen) atoms. The standard InChI is InChI=1S/C13H18N2O2/c1-4-8(2)12(14-3)9-5-6-10-11(7-9)17-13(16)15-10/h5-8,12,14H,4H2,1-3H3,(H,15,16). The Bertz CT molecular complexity index is 556. The molecule has 1 aromatic heterocycles. The van der Waals surface area contributed by atoms with Gasteiger partial charge in [0, 0.05) is 6.04 Å². The first-order chi connectivity index (χ1) is 8.15. The molecule has 0 amide bonds. The van der Waals surface area contributed by atoms with Gasteiger partial charge in [-0.05, 0) is 30.7 Å². The van der Waals surface area contributed by atoms with Gasteiger partial charge in [-0.25, -0.2) is 4.79 Å². The lowest BCUT2D eigenvalue weighted by molar-refractivity contribution is 0.400. The molecule has 0 aliphatic heterocycles. The van der Waals surface area contributed by atoms with Crippen LogP contribution >= 0.6 is 0 Å².